The van der Waals surface area contributed by atoms with Crippen LogP contribution in [0.2, 0.25) is 0 Å². The lowest BCUT2D eigenvalue weighted by atomic mass is 10.1. The van der Waals surface area contributed by atoms with Gasteiger partial charge in [-0.15, -0.1) is 0 Å². The SMILES string of the molecule is CC(C)N1CCC(c2nc(C3CCCN3)no2)C1. The molecule has 1 N–H and O–H groups in total. The molecule has 0 radical (unpaired) electrons. The maximum Gasteiger partial charge on any atom is 0.231 e. The average molecular weight is 250 g/mol. The fourth-order valence-electron chi connectivity index (χ4n) is 2.92. The smallest absolute Gasteiger partial charge is 0.231 e. The summed E-state index contributed by atoms with van der Waals surface area (Å²) in [7, 11) is 0. The van der Waals surface area contributed by atoms with Crippen molar-refractivity contribution in [2.75, 3.05) is 19.6 Å². The fourth-order valence-corrected chi connectivity index (χ4v) is 2.92. The number of likely N-dealkylation sites (tertiary alicyclic amines) is 1. The molecule has 0 saturated carbocycles. The van der Waals surface area contributed by atoms with Crippen LogP contribution in [-0.4, -0.2) is 40.7 Å². The number of nitrogens with one attached hydrogen (secondary N) is 1. The Balaban J connectivity index is 1.66. The van der Waals surface area contributed by atoms with Crippen LogP contribution in [0.1, 0.15) is 56.8 Å². The molecule has 2 fully saturated rings. The van der Waals surface area contributed by atoms with E-state index in [4.69, 9.17) is 4.52 Å². The summed E-state index contributed by atoms with van der Waals surface area (Å²) < 4.78 is 5.46. The lowest BCUT2D eigenvalue weighted by Gasteiger charge is -2.19. The highest BCUT2D eigenvalue weighted by molar-refractivity contribution is 5.03. The topological polar surface area (TPSA) is 54.2 Å². The first-order valence-electron chi connectivity index (χ1n) is 7.05. The van der Waals surface area contributed by atoms with Crippen LogP contribution in [0.5, 0.6) is 0 Å². The predicted octanol–water partition coefficient (Wildman–Crippen LogP) is 1.69. The lowest BCUT2D eigenvalue weighted by Crippen LogP contribution is -2.27. The van der Waals surface area contributed by atoms with Crippen molar-refractivity contribution in [2.24, 2.45) is 0 Å². The van der Waals surface area contributed by atoms with Gasteiger partial charge in [0.05, 0.1) is 12.0 Å². The van der Waals surface area contributed by atoms with Gasteiger partial charge >= 0.3 is 0 Å². The molecule has 2 unspecified atom stereocenters. The van der Waals surface area contributed by atoms with Gasteiger partial charge in [0.25, 0.3) is 0 Å². The third kappa shape index (κ3) is 2.29. The molecule has 0 aliphatic carbocycles. The second kappa shape index (κ2) is 4.97. The van der Waals surface area contributed by atoms with Gasteiger partial charge in [-0.2, -0.15) is 4.98 Å². The Morgan fingerprint density at radius 2 is 2.28 bits per heavy atom. The molecule has 3 rings (SSSR count). The van der Waals surface area contributed by atoms with Crippen LogP contribution in [0.15, 0.2) is 4.52 Å². The van der Waals surface area contributed by atoms with Crippen molar-refractivity contribution in [1.29, 1.82) is 0 Å². The van der Waals surface area contributed by atoms with Gasteiger partial charge in [0.2, 0.25) is 5.89 Å². The minimum Gasteiger partial charge on any atom is -0.339 e. The van der Waals surface area contributed by atoms with E-state index in [0.29, 0.717) is 18.0 Å². The molecule has 5 heteroatoms. The normalized spacial score (nSPS) is 29.5. The monoisotopic (exact) mass is 250 g/mol. The maximum atomic E-state index is 5.46. The minimum absolute atomic E-state index is 0.310. The highest BCUT2D eigenvalue weighted by atomic mass is 16.5. The summed E-state index contributed by atoms with van der Waals surface area (Å²) in [5.74, 6) is 2.11. The molecule has 1 aromatic heterocycles. The van der Waals surface area contributed by atoms with Crippen LogP contribution in [0, 0.1) is 0 Å². The molecule has 18 heavy (non-hydrogen) atoms. The number of nitrogens with zero attached hydrogens (tertiary/aromatic N) is 3. The fraction of sp³-hybridized carbons (Fsp3) is 0.846. The Labute approximate surface area is 108 Å². The van der Waals surface area contributed by atoms with E-state index in [1.807, 2.05) is 0 Å². The van der Waals surface area contributed by atoms with Crippen molar-refractivity contribution in [3.63, 3.8) is 0 Å². The highest BCUT2D eigenvalue weighted by Crippen LogP contribution is 2.29. The Kier molecular flexibility index (Phi) is 3.35. The summed E-state index contributed by atoms with van der Waals surface area (Å²) in [6.07, 6.45) is 3.47. The zero-order valence-corrected chi connectivity index (χ0v) is 11.2. The molecule has 0 aromatic carbocycles. The maximum absolute atomic E-state index is 5.46. The number of hydrogen-bond donors (Lipinski definition) is 1. The van der Waals surface area contributed by atoms with E-state index >= 15 is 0 Å². The van der Waals surface area contributed by atoms with Crippen LogP contribution in [0.4, 0.5) is 0 Å². The first kappa shape index (κ1) is 12.1. The first-order chi connectivity index (χ1) is 8.74. The Morgan fingerprint density at radius 3 is 2.94 bits per heavy atom. The van der Waals surface area contributed by atoms with Gasteiger partial charge in [0.1, 0.15) is 0 Å². The molecular weight excluding hydrogens is 228 g/mol. The molecule has 2 atom stereocenters. The van der Waals surface area contributed by atoms with Crippen LogP contribution in [0.25, 0.3) is 0 Å². The largest absolute Gasteiger partial charge is 0.339 e. The van der Waals surface area contributed by atoms with Gasteiger partial charge in [0.15, 0.2) is 5.82 Å². The Bertz CT molecular complexity index is 397. The predicted molar refractivity (Wildman–Crippen MR) is 68.3 cm³/mol. The van der Waals surface area contributed by atoms with Crippen LogP contribution in [-0.2, 0) is 0 Å². The van der Waals surface area contributed by atoms with Gasteiger partial charge in [0, 0.05) is 12.6 Å². The van der Waals surface area contributed by atoms with Gasteiger partial charge < -0.3 is 14.7 Å². The zero-order chi connectivity index (χ0) is 12.5. The summed E-state index contributed by atoms with van der Waals surface area (Å²) in [5, 5.41) is 7.55. The third-order valence-corrected chi connectivity index (χ3v) is 4.13. The number of hydrogen-bond acceptors (Lipinski definition) is 5. The minimum atomic E-state index is 0.310. The summed E-state index contributed by atoms with van der Waals surface area (Å²) >= 11 is 0. The quantitative estimate of drug-likeness (QED) is 0.884. The average Bonchev–Trinajstić information content (AvgIpc) is 3.10. The van der Waals surface area contributed by atoms with Crippen LogP contribution in [0.3, 0.4) is 0 Å². The number of rotatable bonds is 3. The van der Waals surface area contributed by atoms with Gasteiger partial charge in [-0.1, -0.05) is 5.16 Å². The Hall–Kier alpha value is -0.940. The highest BCUT2D eigenvalue weighted by Gasteiger charge is 2.30. The van der Waals surface area contributed by atoms with E-state index in [2.05, 4.69) is 34.2 Å². The molecule has 0 spiro atoms. The van der Waals surface area contributed by atoms with Crippen molar-refractivity contribution < 1.29 is 4.52 Å². The zero-order valence-electron chi connectivity index (χ0n) is 11.2. The number of aromatic nitrogens is 2. The lowest BCUT2D eigenvalue weighted by molar-refractivity contribution is 0.265. The van der Waals surface area contributed by atoms with Crippen molar-refractivity contribution >= 4 is 0 Å². The van der Waals surface area contributed by atoms with E-state index in [9.17, 15) is 0 Å². The van der Waals surface area contributed by atoms with Gasteiger partial charge in [-0.3, -0.25) is 0 Å². The van der Waals surface area contributed by atoms with Crippen molar-refractivity contribution in [3.05, 3.63) is 11.7 Å². The summed E-state index contributed by atoms with van der Waals surface area (Å²) in [6, 6.07) is 0.916. The van der Waals surface area contributed by atoms with Gasteiger partial charge in [-0.25, -0.2) is 0 Å². The second-order valence-electron chi connectivity index (χ2n) is 5.71. The molecule has 1 aromatic rings. The van der Waals surface area contributed by atoms with Gasteiger partial charge in [-0.05, 0) is 46.2 Å². The molecular formula is C13H22N4O. The molecule has 2 aliphatic heterocycles. The molecule has 0 bridgehead atoms. The van der Waals surface area contributed by atoms with E-state index in [1.54, 1.807) is 0 Å². The van der Waals surface area contributed by atoms with Crippen LogP contribution >= 0.6 is 0 Å². The third-order valence-electron chi connectivity index (χ3n) is 4.13. The van der Waals surface area contributed by atoms with E-state index in [-0.39, 0.29) is 0 Å². The molecule has 0 amide bonds. The molecule has 2 aliphatic rings. The first-order valence-corrected chi connectivity index (χ1v) is 7.05. The van der Waals surface area contributed by atoms with Crippen molar-refractivity contribution in [2.45, 2.75) is 51.1 Å². The molecule has 100 valence electrons. The summed E-state index contributed by atoms with van der Waals surface area (Å²) in [5.41, 5.74) is 0. The van der Waals surface area contributed by atoms with Crippen molar-refractivity contribution in [3.8, 4) is 0 Å². The van der Waals surface area contributed by atoms with E-state index < -0.39 is 0 Å². The standard InChI is InChI=1S/C13H22N4O/c1-9(2)17-7-5-10(8-17)13-15-12(16-18-13)11-4-3-6-14-11/h9-11,14H,3-8H2,1-2H3. The van der Waals surface area contributed by atoms with Crippen molar-refractivity contribution in [1.82, 2.24) is 20.4 Å². The second-order valence-corrected chi connectivity index (χ2v) is 5.71. The Morgan fingerprint density at radius 1 is 1.39 bits per heavy atom. The molecule has 3 heterocycles. The summed E-state index contributed by atoms with van der Waals surface area (Å²) in [6.45, 7) is 7.74. The van der Waals surface area contributed by atoms with Crippen LogP contribution < -0.4 is 5.32 Å². The summed E-state index contributed by atoms with van der Waals surface area (Å²) in [4.78, 5) is 7.08. The van der Waals surface area contributed by atoms with E-state index in [0.717, 1.165) is 44.2 Å². The van der Waals surface area contributed by atoms with E-state index in [1.165, 1.54) is 6.42 Å². The molecule has 2 saturated heterocycles. The molecule has 5 nitrogen and oxygen atoms in total.